The van der Waals surface area contributed by atoms with Crippen LogP contribution in [0.1, 0.15) is 25.8 Å². The minimum Gasteiger partial charge on any atom is -0.480 e. The van der Waals surface area contributed by atoms with Crippen molar-refractivity contribution in [1.29, 1.82) is 0 Å². The highest BCUT2D eigenvalue weighted by atomic mass is 79.9. The van der Waals surface area contributed by atoms with Crippen molar-refractivity contribution in [2.75, 3.05) is 0 Å². The first kappa shape index (κ1) is 16.5. The minimum atomic E-state index is -1.02. The van der Waals surface area contributed by atoms with Gasteiger partial charge in [-0.25, -0.2) is 9.59 Å². The number of hydrogen-bond donors (Lipinski definition) is 3. The SMILES string of the molecule is CC[C@H](C)[C@H](NC(=O)NCc1cccc(Br)c1)C(=O)O. The molecule has 0 saturated carbocycles. The Kier molecular flexibility index (Phi) is 6.51. The summed E-state index contributed by atoms with van der Waals surface area (Å²) in [4.78, 5) is 22.8. The minimum absolute atomic E-state index is 0.121. The smallest absolute Gasteiger partial charge is 0.326 e. The second-order valence-electron chi connectivity index (χ2n) is 4.66. The van der Waals surface area contributed by atoms with E-state index < -0.39 is 18.0 Å². The van der Waals surface area contributed by atoms with E-state index in [0.717, 1.165) is 10.0 Å². The van der Waals surface area contributed by atoms with Crippen LogP contribution in [0.25, 0.3) is 0 Å². The number of halogens is 1. The number of carboxylic acids is 1. The summed E-state index contributed by atoms with van der Waals surface area (Å²) in [5.41, 5.74) is 0.935. The molecule has 0 aliphatic carbocycles. The maximum Gasteiger partial charge on any atom is 0.326 e. The fraction of sp³-hybridized carbons (Fsp3) is 0.429. The molecular formula is C14H19BrN2O3. The van der Waals surface area contributed by atoms with Crippen molar-refractivity contribution in [3.63, 3.8) is 0 Å². The first-order valence-electron chi connectivity index (χ1n) is 6.45. The van der Waals surface area contributed by atoms with E-state index in [1.807, 2.05) is 31.2 Å². The molecule has 20 heavy (non-hydrogen) atoms. The molecule has 0 spiro atoms. The highest BCUT2D eigenvalue weighted by molar-refractivity contribution is 9.10. The van der Waals surface area contributed by atoms with Gasteiger partial charge in [-0.05, 0) is 23.6 Å². The summed E-state index contributed by atoms with van der Waals surface area (Å²) in [6.07, 6.45) is 0.683. The van der Waals surface area contributed by atoms with Gasteiger partial charge in [-0.15, -0.1) is 0 Å². The maximum absolute atomic E-state index is 11.7. The van der Waals surface area contributed by atoms with Crippen LogP contribution >= 0.6 is 15.9 Å². The van der Waals surface area contributed by atoms with Gasteiger partial charge in [-0.3, -0.25) is 0 Å². The molecule has 0 aromatic heterocycles. The van der Waals surface area contributed by atoms with E-state index in [-0.39, 0.29) is 5.92 Å². The highest BCUT2D eigenvalue weighted by Crippen LogP contribution is 2.11. The van der Waals surface area contributed by atoms with E-state index in [1.165, 1.54) is 0 Å². The molecule has 5 nitrogen and oxygen atoms in total. The fourth-order valence-electron chi connectivity index (χ4n) is 1.70. The third kappa shape index (κ3) is 5.21. The van der Waals surface area contributed by atoms with Crippen molar-refractivity contribution in [2.45, 2.75) is 32.9 Å². The molecule has 0 heterocycles. The van der Waals surface area contributed by atoms with Crippen LogP contribution in [-0.4, -0.2) is 23.1 Å². The summed E-state index contributed by atoms with van der Waals surface area (Å²) in [5, 5.41) is 14.2. The van der Waals surface area contributed by atoms with Crippen LogP contribution in [-0.2, 0) is 11.3 Å². The van der Waals surface area contributed by atoms with Crippen LogP contribution in [0.3, 0.4) is 0 Å². The average Bonchev–Trinajstić information content (AvgIpc) is 2.41. The van der Waals surface area contributed by atoms with Gasteiger partial charge in [-0.1, -0.05) is 48.3 Å². The largest absolute Gasteiger partial charge is 0.480 e. The van der Waals surface area contributed by atoms with Crippen molar-refractivity contribution in [3.8, 4) is 0 Å². The molecule has 0 aliphatic heterocycles. The number of rotatable bonds is 6. The van der Waals surface area contributed by atoms with E-state index in [9.17, 15) is 9.59 Å². The summed E-state index contributed by atoms with van der Waals surface area (Å²) in [6, 6.07) is 6.20. The molecule has 3 N–H and O–H groups in total. The Balaban J connectivity index is 2.52. The molecule has 1 aromatic rings. The van der Waals surface area contributed by atoms with Gasteiger partial charge in [0.15, 0.2) is 0 Å². The Morgan fingerprint density at radius 3 is 2.65 bits per heavy atom. The topological polar surface area (TPSA) is 78.4 Å². The lowest BCUT2D eigenvalue weighted by atomic mass is 9.99. The zero-order valence-electron chi connectivity index (χ0n) is 11.5. The second-order valence-corrected chi connectivity index (χ2v) is 5.57. The van der Waals surface area contributed by atoms with Crippen molar-refractivity contribution in [2.24, 2.45) is 5.92 Å². The third-order valence-electron chi connectivity index (χ3n) is 3.11. The van der Waals surface area contributed by atoms with Crippen LogP contribution < -0.4 is 10.6 Å². The number of benzene rings is 1. The maximum atomic E-state index is 11.7. The van der Waals surface area contributed by atoms with E-state index >= 15 is 0 Å². The van der Waals surface area contributed by atoms with Gasteiger partial charge in [0.05, 0.1) is 0 Å². The number of carbonyl (C=O) groups excluding carboxylic acids is 1. The first-order valence-corrected chi connectivity index (χ1v) is 7.25. The summed E-state index contributed by atoms with van der Waals surface area (Å²) >= 11 is 3.35. The summed E-state index contributed by atoms with van der Waals surface area (Å²) < 4.78 is 0.931. The summed E-state index contributed by atoms with van der Waals surface area (Å²) in [6.45, 7) is 4.03. The summed E-state index contributed by atoms with van der Waals surface area (Å²) in [5.74, 6) is -1.14. The molecule has 6 heteroatoms. The third-order valence-corrected chi connectivity index (χ3v) is 3.60. The second kappa shape index (κ2) is 7.89. The Bertz CT molecular complexity index is 479. The molecule has 0 saturated heterocycles. The van der Waals surface area contributed by atoms with Gasteiger partial charge < -0.3 is 15.7 Å². The van der Waals surface area contributed by atoms with Crippen molar-refractivity contribution < 1.29 is 14.7 Å². The van der Waals surface area contributed by atoms with Crippen molar-refractivity contribution in [3.05, 3.63) is 34.3 Å². The van der Waals surface area contributed by atoms with Crippen LogP contribution in [0.15, 0.2) is 28.7 Å². The zero-order valence-corrected chi connectivity index (χ0v) is 13.1. The predicted molar refractivity (Wildman–Crippen MR) is 80.4 cm³/mol. The molecule has 110 valence electrons. The molecule has 0 fully saturated rings. The number of carbonyl (C=O) groups is 2. The molecule has 1 rings (SSSR count). The monoisotopic (exact) mass is 342 g/mol. The Hall–Kier alpha value is -1.56. The molecular weight excluding hydrogens is 324 g/mol. The van der Waals surface area contributed by atoms with Gasteiger partial charge in [0.1, 0.15) is 6.04 Å². The molecule has 0 aliphatic rings. The molecule has 0 radical (unpaired) electrons. The molecule has 1 aromatic carbocycles. The van der Waals surface area contributed by atoms with Gasteiger partial charge in [0.2, 0.25) is 0 Å². The lowest BCUT2D eigenvalue weighted by molar-refractivity contribution is -0.140. The van der Waals surface area contributed by atoms with Crippen molar-refractivity contribution in [1.82, 2.24) is 10.6 Å². The first-order chi connectivity index (χ1) is 9.43. The number of hydrogen-bond acceptors (Lipinski definition) is 2. The van der Waals surface area contributed by atoms with Gasteiger partial charge in [-0.2, -0.15) is 0 Å². The van der Waals surface area contributed by atoms with Crippen LogP contribution in [0.4, 0.5) is 4.79 Å². The van der Waals surface area contributed by atoms with Crippen LogP contribution in [0.5, 0.6) is 0 Å². The van der Waals surface area contributed by atoms with E-state index in [4.69, 9.17) is 5.11 Å². The molecule has 2 atom stereocenters. The van der Waals surface area contributed by atoms with Gasteiger partial charge >= 0.3 is 12.0 Å². The Labute approximate surface area is 126 Å². The Morgan fingerprint density at radius 1 is 1.40 bits per heavy atom. The van der Waals surface area contributed by atoms with Gasteiger partial charge in [0, 0.05) is 11.0 Å². The highest BCUT2D eigenvalue weighted by Gasteiger charge is 2.24. The van der Waals surface area contributed by atoms with Crippen molar-refractivity contribution >= 4 is 27.9 Å². The van der Waals surface area contributed by atoms with E-state index in [2.05, 4.69) is 26.6 Å². The van der Waals surface area contributed by atoms with E-state index in [1.54, 1.807) is 6.92 Å². The lowest BCUT2D eigenvalue weighted by Crippen LogP contribution is -2.48. The number of amides is 2. The van der Waals surface area contributed by atoms with Crippen LogP contribution in [0, 0.1) is 5.92 Å². The Morgan fingerprint density at radius 2 is 2.10 bits per heavy atom. The van der Waals surface area contributed by atoms with E-state index in [0.29, 0.717) is 13.0 Å². The number of urea groups is 1. The van der Waals surface area contributed by atoms with Gasteiger partial charge in [0.25, 0.3) is 0 Å². The number of nitrogens with one attached hydrogen (secondary N) is 2. The fourth-order valence-corrected chi connectivity index (χ4v) is 2.15. The molecule has 0 unspecified atom stereocenters. The average molecular weight is 343 g/mol. The quantitative estimate of drug-likeness (QED) is 0.743. The summed E-state index contributed by atoms with van der Waals surface area (Å²) in [7, 11) is 0. The zero-order chi connectivity index (χ0) is 15.1. The lowest BCUT2D eigenvalue weighted by Gasteiger charge is -2.20. The molecule has 2 amide bonds. The predicted octanol–water partition coefficient (Wildman–Crippen LogP) is 2.75. The number of carboxylic acid groups (broad SMARTS) is 1. The molecule has 0 bridgehead atoms. The number of aliphatic carboxylic acids is 1. The normalized spacial score (nSPS) is 13.3. The van der Waals surface area contributed by atoms with Crippen LogP contribution in [0.2, 0.25) is 0 Å². The standard InChI is InChI=1S/C14H19BrN2O3/c1-3-9(2)12(13(18)19)17-14(20)16-8-10-5-4-6-11(15)7-10/h4-7,9,12H,3,8H2,1-2H3,(H,18,19)(H2,16,17,20)/t9-,12-/m0/s1.